The smallest absolute Gasteiger partial charge is 0.255 e. The molecule has 1 aromatic heterocycles. The van der Waals surface area contributed by atoms with E-state index in [4.69, 9.17) is 23.2 Å². The maximum Gasteiger partial charge on any atom is 0.255 e. The first-order chi connectivity index (χ1) is 7.50. The molecule has 0 atom stereocenters. The number of carbonyl (C=O) groups is 1. The van der Waals surface area contributed by atoms with E-state index in [0.29, 0.717) is 10.9 Å². The maximum atomic E-state index is 13.2. The van der Waals surface area contributed by atoms with Gasteiger partial charge < -0.3 is 0 Å². The molecule has 0 saturated heterocycles. The molecular weight excluding hydrogens is 320 g/mol. The third-order valence-electron chi connectivity index (χ3n) is 2.06. The maximum absolute atomic E-state index is 13.2. The van der Waals surface area contributed by atoms with E-state index in [1.165, 1.54) is 18.3 Å². The fourth-order valence-electron chi connectivity index (χ4n) is 1.29. The minimum atomic E-state index is -0.695. The minimum Gasteiger partial charge on any atom is -0.275 e. The monoisotopic (exact) mass is 321 g/mol. The Labute approximate surface area is 108 Å². The van der Waals surface area contributed by atoms with Crippen molar-refractivity contribution in [1.29, 1.82) is 0 Å². The van der Waals surface area contributed by atoms with Gasteiger partial charge in [0.15, 0.2) is 0 Å². The number of hydrogen-bond donors (Lipinski definition) is 0. The second-order valence-electron chi connectivity index (χ2n) is 3.04. The number of carbonyl (C=O) groups excluding carboxylic acids is 1. The summed E-state index contributed by atoms with van der Waals surface area (Å²) < 4.78 is 13.5. The SMILES string of the molecule is O=C(Cl)c1cnc2cc(F)c(Br)cc2c1Cl. The molecule has 0 spiro atoms. The fraction of sp³-hybridized carbons (Fsp3) is 0. The third kappa shape index (κ3) is 1.93. The number of rotatable bonds is 1. The molecule has 0 aliphatic carbocycles. The molecule has 0 amide bonds. The molecular formula is C10H3BrCl2FNO. The van der Waals surface area contributed by atoms with E-state index in [9.17, 15) is 9.18 Å². The zero-order valence-corrected chi connectivity index (χ0v) is 10.7. The normalized spacial score (nSPS) is 10.8. The zero-order chi connectivity index (χ0) is 11.9. The Morgan fingerprint density at radius 2 is 2.12 bits per heavy atom. The van der Waals surface area contributed by atoms with Gasteiger partial charge in [0.2, 0.25) is 0 Å². The molecule has 0 unspecified atom stereocenters. The van der Waals surface area contributed by atoms with Crippen LogP contribution in [0.1, 0.15) is 10.4 Å². The number of benzene rings is 1. The van der Waals surface area contributed by atoms with Crippen LogP contribution < -0.4 is 0 Å². The highest BCUT2D eigenvalue weighted by Gasteiger charge is 2.13. The molecule has 1 aromatic carbocycles. The molecule has 0 bridgehead atoms. The van der Waals surface area contributed by atoms with Crippen LogP contribution in [0.5, 0.6) is 0 Å². The van der Waals surface area contributed by atoms with Crippen molar-refractivity contribution in [2.75, 3.05) is 0 Å². The Balaban J connectivity index is 2.84. The van der Waals surface area contributed by atoms with Gasteiger partial charge in [0.25, 0.3) is 5.24 Å². The largest absolute Gasteiger partial charge is 0.275 e. The van der Waals surface area contributed by atoms with Gasteiger partial charge in [-0.15, -0.1) is 0 Å². The van der Waals surface area contributed by atoms with E-state index >= 15 is 0 Å². The molecule has 0 saturated carbocycles. The van der Waals surface area contributed by atoms with Crippen LogP contribution in [0.3, 0.4) is 0 Å². The van der Waals surface area contributed by atoms with Crippen molar-refractivity contribution in [3.8, 4) is 0 Å². The van der Waals surface area contributed by atoms with Crippen molar-refractivity contribution in [2.45, 2.75) is 0 Å². The van der Waals surface area contributed by atoms with Crippen LogP contribution in [-0.2, 0) is 0 Å². The van der Waals surface area contributed by atoms with Gasteiger partial charge in [0, 0.05) is 17.6 Å². The Hall–Kier alpha value is -0.710. The summed E-state index contributed by atoms with van der Waals surface area (Å²) in [4.78, 5) is 14.9. The van der Waals surface area contributed by atoms with Crippen molar-refractivity contribution in [3.05, 3.63) is 39.2 Å². The van der Waals surface area contributed by atoms with Gasteiger partial charge in [-0.3, -0.25) is 9.78 Å². The van der Waals surface area contributed by atoms with Crippen molar-refractivity contribution in [1.82, 2.24) is 4.98 Å². The predicted molar refractivity (Wildman–Crippen MR) is 64.6 cm³/mol. The molecule has 0 aliphatic heterocycles. The lowest BCUT2D eigenvalue weighted by atomic mass is 10.1. The van der Waals surface area contributed by atoms with Gasteiger partial charge in [-0.05, 0) is 33.6 Å². The van der Waals surface area contributed by atoms with Gasteiger partial charge in [-0.25, -0.2) is 4.39 Å². The summed E-state index contributed by atoms with van der Waals surface area (Å²) in [5.74, 6) is -0.444. The Morgan fingerprint density at radius 1 is 1.44 bits per heavy atom. The van der Waals surface area contributed by atoms with Crippen LogP contribution >= 0.6 is 39.1 Å². The van der Waals surface area contributed by atoms with Gasteiger partial charge in [-0.2, -0.15) is 0 Å². The third-order valence-corrected chi connectivity index (χ3v) is 3.27. The van der Waals surface area contributed by atoms with Gasteiger partial charge in [0.1, 0.15) is 5.82 Å². The highest BCUT2D eigenvalue weighted by Crippen LogP contribution is 2.30. The molecule has 0 N–H and O–H groups in total. The highest BCUT2D eigenvalue weighted by molar-refractivity contribution is 9.10. The fourth-order valence-corrected chi connectivity index (χ4v) is 2.11. The summed E-state index contributed by atoms with van der Waals surface area (Å²) in [5.41, 5.74) is 0.474. The molecule has 1 heterocycles. The van der Waals surface area contributed by atoms with Gasteiger partial charge in [-0.1, -0.05) is 11.6 Å². The molecule has 0 fully saturated rings. The van der Waals surface area contributed by atoms with Crippen LogP contribution in [0.4, 0.5) is 4.39 Å². The van der Waals surface area contributed by atoms with Crippen LogP contribution in [0.2, 0.25) is 5.02 Å². The standard InChI is InChI=1S/C10H3BrCl2FNO/c11-6-1-4-8(2-7(6)14)15-3-5(9(4)12)10(13)16/h1-3H. The van der Waals surface area contributed by atoms with Crippen LogP contribution in [0.25, 0.3) is 10.9 Å². The van der Waals surface area contributed by atoms with Crippen molar-refractivity contribution >= 4 is 55.3 Å². The Morgan fingerprint density at radius 3 is 2.75 bits per heavy atom. The molecule has 2 nitrogen and oxygen atoms in total. The highest BCUT2D eigenvalue weighted by atomic mass is 79.9. The predicted octanol–water partition coefficient (Wildman–Crippen LogP) is 4.17. The van der Waals surface area contributed by atoms with E-state index in [-0.39, 0.29) is 15.1 Å². The van der Waals surface area contributed by atoms with Crippen molar-refractivity contribution in [2.24, 2.45) is 0 Å². The lowest BCUT2D eigenvalue weighted by Gasteiger charge is -2.04. The van der Waals surface area contributed by atoms with E-state index in [1.54, 1.807) is 0 Å². The van der Waals surface area contributed by atoms with Gasteiger partial charge in [0.05, 0.1) is 20.6 Å². The van der Waals surface area contributed by atoms with E-state index < -0.39 is 11.1 Å². The number of nitrogens with zero attached hydrogens (tertiary/aromatic N) is 1. The summed E-state index contributed by atoms with van der Waals surface area (Å²) in [6, 6.07) is 2.69. The zero-order valence-electron chi connectivity index (χ0n) is 7.60. The van der Waals surface area contributed by atoms with E-state index in [0.717, 1.165) is 0 Å². The van der Waals surface area contributed by atoms with Gasteiger partial charge >= 0.3 is 0 Å². The van der Waals surface area contributed by atoms with Crippen LogP contribution in [0, 0.1) is 5.82 Å². The van der Waals surface area contributed by atoms with Crippen molar-refractivity contribution in [3.63, 3.8) is 0 Å². The molecule has 0 radical (unpaired) electrons. The van der Waals surface area contributed by atoms with E-state index in [2.05, 4.69) is 20.9 Å². The lowest BCUT2D eigenvalue weighted by molar-refractivity contribution is 0.108. The molecule has 6 heteroatoms. The minimum absolute atomic E-state index is 0.106. The quantitative estimate of drug-likeness (QED) is 0.738. The molecule has 2 rings (SSSR count). The average molecular weight is 323 g/mol. The number of hydrogen-bond acceptors (Lipinski definition) is 2. The first kappa shape index (κ1) is 11.8. The summed E-state index contributed by atoms with van der Waals surface area (Å²) in [5, 5.41) is -0.0491. The summed E-state index contributed by atoms with van der Waals surface area (Å²) >= 11 is 14.3. The number of aromatic nitrogens is 1. The van der Waals surface area contributed by atoms with Crippen molar-refractivity contribution < 1.29 is 9.18 Å². The summed E-state index contributed by atoms with van der Waals surface area (Å²) in [7, 11) is 0. The number of halogens is 4. The lowest BCUT2D eigenvalue weighted by Crippen LogP contribution is -1.94. The second kappa shape index (κ2) is 4.28. The Bertz CT molecular complexity index is 603. The number of pyridine rings is 1. The summed E-state index contributed by atoms with van der Waals surface area (Å²) in [6.07, 6.45) is 1.23. The first-order valence-electron chi connectivity index (χ1n) is 4.14. The first-order valence-corrected chi connectivity index (χ1v) is 5.68. The van der Waals surface area contributed by atoms with Crippen LogP contribution in [-0.4, -0.2) is 10.2 Å². The Kier molecular flexibility index (Phi) is 3.15. The van der Waals surface area contributed by atoms with Crippen LogP contribution in [0.15, 0.2) is 22.8 Å². The number of fused-ring (bicyclic) bond motifs is 1. The average Bonchev–Trinajstić information content (AvgIpc) is 2.21. The molecule has 0 aliphatic rings. The molecule has 82 valence electrons. The molecule has 2 aromatic rings. The summed E-state index contributed by atoms with van der Waals surface area (Å²) in [6.45, 7) is 0. The molecule has 16 heavy (non-hydrogen) atoms. The second-order valence-corrected chi connectivity index (χ2v) is 4.62. The van der Waals surface area contributed by atoms with E-state index in [1.807, 2.05) is 0 Å². The topological polar surface area (TPSA) is 30.0 Å².